The summed E-state index contributed by atoms with van der Waals surface area (Å²) >= 11 is 0. The molecule has 0 aliphatic heterocycles. The van der Waals surface area contributed by atoms with Crippen LogP contribution in [0.15, 0.2) is 0 Å². The van der Waals surface area contributed by atoms with E-state index >= 15 is 0 Å². The Labute approximate surface area is 70.6 Å². The Morgan fingerprint density at radius 1 is 1.25 bits per heavy atom. The molecule has 74 valence electrons. The summed E-state index contributed by atoms with van der Waals surface area (Å²) in [7, 11) is 0. The van der Waals surface area contributed by atoms with Crippen LogP contribution in [0, 0.1) is 11.8 Å². The van der Waals surface area contributed by atoms with Gasteiger partial charge in [-0.05, 0) is 18.3 Å². The SMILES string of the molecule is CC(C)[C@@H](CO)CCC(F)(F)F. The summed E-state index contributed by atoms with van der Waals surface area (Å²) in [6.07, 6.45) is -4.86. The van der Waals surface area contributed by atoms with Crippen molar-refractivity contribution in [2.45, 2.75) is 32.9 Å². The number of halogens is 3. The smallest absolute Gasteiger partial charge is 0.389 e. The Bertz CT molecular complexity index is 120. The molecule has 0 unspecified atom stereocenters. The van der Waals surface area contributed by atoms with Crippen molar-refractivity contribution in [1.82, 2.24) is 0 Å². The van der Waals surface area contributed by atoms with E-state index < -0.39 is 12.6 Å². The van der Waals surface area contributed by atoms with Crippen molar-refractivity contribution in [1.29, 1.82) is 0 Å². The van der Waals surface area contributed by atoms with Crippen LogP contribution in [0.25, 0.3) is 0 Å². The highest BCUT2D eigenvalue weighted by Gasteiger charge is 2.28. The van der Waals surface area contributed by atoms with E-state index in [1.807, 2.05) is 13.8 Å². The lowest BCUT2D eigenvalue weighted by atomic mass is 9.92. The van der Waals surface area contributed by atoms with Crippen LogP contribution in [0.4, 0.5) is 13.2 Å². The molecule has 0 aliphatic rings. The second-order valence-electron chi connectivity index (χ2n) is 3.34. The fourth-order valence-electron chi connectivity index (χ4n) is 0.984. The minimum Gasteiger partial charge on any atom is -0.396 e. The monoisotopic (exact) mass is 184 g/mol. The Balaban J connectivity index is 3.73. The van der Waals surface area contributed by atoms with Gasteiger partial charge in [-0.2, -0.15) is 13.2 Å². The molecule has 12 heavy (non-hydrogen) atoms. The summed E-state index contributed by atoms with van der Waals surface area (Å²) in [5.74, 6) is -0.121. The van der Waals surface area contributed by atoms with Crippen LogP contribution >= 0.6 is 0 Å². The van der Waals surface area contributed by atoms with Gasteiger partial charge in [0.25, 0.3) is 0 Å². The molecule has 0 saturated carbocycles. The first-order valence-corrected chi connectivity index (χ1v) is 4.04. The first-order valence-electron chi connectivity index (χ1n) is 4.04. The molecule has 0 aliphatic carbocycles. The van der Waals surface area contributed by atoms with Gasteiger partial charge in [0, 0.05) is 13.0 Å². The van der Waals surface area contributed by atoms with Crippen LogP contribution in [0.2, 0.25) is 0 Å². The van der Waals surface area contributed by atoms with E-state index in [0.717, 1.165) is 0 Å². The summed E-state index contributed by atoms with van der Waals surface area (Å²) in [5, 5.41) is 8.73. The third kappa shape index (κ3) is 5.41. The lowest BCUT2D eigenvalue weighted by Gasteiger charge is -2.18. The number of aliphatic hydroxyl groups excluding tert-OH is 1. The summed E-state index contributed by atoms with van der Waals surface area (Å²) in [5.41, 5.74) is 0. The van der Waals surface area contributed by atoms with Crippen molar-refractivity contribution in [3.63, 3.8) is 0 Å². The first-order chi connectivity index (χ1) is 5.37. The van der Waals surface area contributed by atoms with Gasteiger partial charge in [-0.3, -0.25) is 0 Å². The van der Waals surface area contributed by atoms with E-state index in [4.69, 9.17) is 5.11 Å². The van der Waals surface area contributed by atoms with Gasteiger partial charge >= 0.3 is 6.18 Å². The third-order valence-corrected chi connectivity index (χ3v) is 1.98. The van der Waals surface area contributed by atoms with Crippen molar-refractivity contribution < 1.29 is 18.3 Å². The summed E-state index contributed by atoms with van der Waals surface area (Å²) < 4.78 is 35.2. The van der Waals surface area contributed by atoms with Gasteiger partial charge in [-0.25, -0.2) is 0 Å². The molecule has 0 aromatic carbocycles. The van der Waals surface area contributed by atoms with Crippen molar-refractivity contribution in [3.8, 4) is 0 Å². The van der Waals surface area contributed by atoms with Gasteiger partial charge in [0.1, 0.15) is 0 Å². The van der Waals surface area contributed by atoms with Crippen LogP contribution < -0.4 is 0 Å². The quantitative estimate of drug-likeness (QED) is 0.712. The van der Waals surface area contributed by atoms with Crippen molar-refractivity contribution in [2.24, 2.45) is 11.8 Å². The average molecular weight is 184 g/mol. The van der Waals surface area contributed by atoms with Crippen molar-refractivity contribution in [2.75, 3.05) is 6.61 Å². The zero-order valence-corrected chi connectivity index (χ0v) is 7.36. The molecular formula is C8H15F3O. The highest BCUT2D eigenvalue weighted by molar-refractivity contribution is 4.64. The molecule has 0 bridgehead atoms. The molecule has 0 heterocycles. The Morgan fingerprint density at radius 2 is 1.75 bits per heavy atom. The van der Waals surface area contributed by atoms with Crippen molar-refractivity contribution >= 4 is 0 Å². The van der Waals surface area contributed by atoms with Gasteiger partial charge in [0.05, 0.1) is 0 Å². The zero-order chi connectivity index (χ0) is 9.78. The van der Waals surface area contributed by atoms with Gasteiger partial charge in [0.2, 0.25) is 0 Å². The highest BCUT2D eigenvalue weighted by Crippen LogP contribution is 2.26. The molecule has 0 radical (unpaired) electrons. The summed E-state index contributed by atoms with van der Waals surface area (Å²) in [6.45, 7) is 3.47. The molecule has 0 aromatic heterocycles. The number of alkyl halides is 3. The van der Waals surface area contributed by atoms with Gasteiger partial charge in [-0.15, -0.1) is 0 Å². The molecule has 0 fully saturated rings. The molecule has 0 rings (SSSR count). The largest absolute Gasteiger partial charge is 0.396 e. The zero-order valence-electron chi connectivity index (χ0n) is 7.36. The Hall–Kier alpha value is -0.250. The maximum atomic E-state index is 11.7. The number of rotatable bonds is 4. The maximum absolute atomic E-state index is 11.7. The van der Waals surface area contributed by atoms with Gasteiger partial charge in [-0.1, -0.05) is 13.8 Å². The molecular weight excluding hydrogens is 169 g/mol. The molecule has 1 atom stereocenters. The van der Waals surface area contributed by atoms with E-state index in [9.17, 15) is 13.2 Å². The standard InChI is InChI=1S/C8H15F3O/c1-6(2)7(5-12)3-4-8(9,10)11/h6-7,12H,3-5H2,1-2H3/t7-/m1/s1. The lowest BCUT2D eigenvalue weighted by Crippen LogP contribution is -2.17. The van der Waals surface area contributed by atoms with E-state index in [-0.39, 0.29) is 24.9 Å². The Morgan fingerprint density at radius 3 is 2.00 bits per heavy atom. The summed E-state index contributed by atoms with van der Waals surface area (Å²) in [4.78, 5) is 0. The molecule has 0 amide bonds. The average Bonchev–Trinajstić information content (AvgIpc) is 1.85. The predicted octanol–water partition coefficient (Wildman–Crippen LogP) is 2.59. The first kappa shape index (κ1) is 11.8. The number of hydrogen-bond acceptors (Lipinski definition) is 1. The fraction of sp³-hybridized carbons (Fsp3) is 1.00. The second kappa shape index (κ2) is 4.70. The molecule has 0 aromatic rings. The second-order valence-corrected chi connectivity index (χ2v) is 3.34. The predicted molar refractivity (Wildman–Crippen MR) is 40.7 cm³/mol. The Kier molecular flexibility index (Phi) is 4.60. The molecule has 1 N–H and O–H groups in total. The fourth-order valence-corrected chi connectivity index (χ4v) is 0.984. The van der Waals surface area contributed by atoms with Crippen LogP contribution in [0.3, 0.4) is 0 Å². The minimum absolute atomic E-state index is 0.0255. The van der Waals surface area contributed by atoms with E-state index in [2.05, 4.69) is 0 Å². The minimum atomic E-state index is -4.09. The van der Waals surface area contributed by atoms with Crippen LogP contribution in [-0.2, 0) is 0 Å². The van der Waals surface area contributed by atoms with E-state index in [1.54, 1.807) is 0 Å². The molecule has 0 spiro atoms. The molecule has 1 nitrogen and oxygen atoms in total. The van der Waals surface area contributed by atoms with Crippen LogP contribution in [0.1, 0.15) is 26.7 Å². The van der Waals surface area contributed by atoms with Gasteiger partial charge in [0.15, 0.2) is 0 Å². The number of hydrogen-bond donors (Lipinski definition) is 1. The normalized spacial score (nSPS) is 15.2. The number of aliphatic hydroxyl groups is 1. The topological polar surface area (TPSA) is 20.2 Å². The van der Waals surface area contributed by atoms with Crippen LogP contribution in [-0.4, -0.2) is 17.9 Å². The third-order valence-electron chi connectivity index (χ3n) is 1.98. The molecule has 4 heteroatoms. The maximum Gasteiger partial charge on any atom is 0.389 e. The van der Waals surface area contributed by atoms with Gasteiger partial charge < -0.3 is 5.11 Å². The van der Waals surface area contributed by atoms with E-state index in [1.165, 1.54) is 0 Å². The highest BCUT2D eigenvalue weighted by atomic mass is 19.4. The lowest BCUT2D eigenvalue weighted by molar-refractivity contribution is -0.139. The van der Waals surface area contributed by atoms with E-state index in [0.29, 0.717) is 0 Å². The van der Waals surface area contributed by atoms with Crippen molar-refractivity contribution in [3.05, 3.63) is 0 Å². The van der Waals surface area contributed by atoms with Crippen LogP contribution in [0.5, 0.6) is 0 Å². The molecule has 0 saturated heterocycles. The summed E-state index contributed by atoms with van der Waals surface area (Å²) in [6, 6.07) is 0.